The van der Waals surface area contributed by atoms with Crippen LogP contribution in [0.25, 0.3) is 5.65 Å². The Hall–Kier alpha value is -2.62. The minimum Gasteiger partial charge on any atom is -0.468 e. The first-order chi connectivity index (χ1) is 15.1. The highest BCUT2D eigenvalue weighted by molar-refractivity contribution is 6.03. The second-order valence-corrected chi connectivity index (χ2v) is 9.30. The van der Waals surface area contributed by atoms with Crippen LogP contribution in [0.3, 0.4) is 0 Å². The molecule has 3 N–H and O–H groups in total. The second-order valence-electron chi connectivity index (χ2n) is 9.30. The number of halogens is 2. The quantitative estimate of drug-likeness (QED) is 0.536. The maximum absolute atomic E-state index is 14.1. The maximum atomic E-state index is 14.1. The number of alkyl halides is 2. The molecule has 2 aromatic rings. The number of rotatable bonds is 5. The van der Waals surface area contributed by atoms with E-state index in [1.54, 1.807) is 18.3 Å². The lowest BCUT2D eigenvalue weighted by Crippen LogP contribution is -2.59. The van der Waals surface area contributed by atoms with Gasteiger partial charge in [-0.1, -0.05) is 19.8 Å². The zero-order valence-corrected chi connectivity index (χ0v) is 18.3. The van der Waals surface area contributed by atoms with Crippen LogP contribution in [0, 0.1) is 17.3 Å². The molecular weight excluding hydrogens is 420 g/mol. The molecule has 2 aromatic heterocycles. The number of hydrogen-bond donors (Lipinski definition) is 2. The van der Waals surface area contributed by atoms with Gasteiger partial charge in [0.15, 0.2) is 11.1 Å². The van der Waals surface area contributed by atoms with Crippen LogP contribution in [0.5, 0.6) is 0 Å². The van der Waals surface area contributed by atoms with E-state index >= 15 is 0 Å². The molecule has 174 valence electrons. The minimum atomic E-state index is -3.22. The Morgan fingerprint density at radius 3 is 2.75 bits per heavy atom. The third-order valence-corrected chi connectivity index (χ3v) is 6.87. The van der Waals surface area contributed by atoms with Gasteiger partial charge in [-0.05, 0) is 36.8 Å². The minimum absolute atomic E-state index is 0.211. The topological polar surface area (TPSA) is 112 Å². The molecule has 0 spiro atoms. The highest BCUT2D eigenvalue weighted by Crippen LogP contribution is 2.40. The summed E-state index contributed by atoms with van der Waals surface area (Å²) >= 11 is 0. The van der Waals surface area contributed by atoms with Gasteiger partial charge < -0.3 is 15.8 Å². The fourth-order valence-electron chi connectivity index (χ4n) is 4.93. The number of nitrogens with zero attached hydrogens (tertiary/aromatic N) is 3. The van der Waals surface area contributed by atoms with Gasteiger partial charge in [-0.2, -0.15) is 5.10 Å². The number of nitrogens with two attached hydrogens (primary N) is 1. The third-order valence-electron chi connectivity index (χ3n) is 6.87. The molecule has 1 aliphatic heterocycles. The summed E-state index contributed by atoms with van der Waals surface area (Å²) in [5, 5.41) is 6.58. The Morgan fingerprint density at radius 1 is 1.34 bits per heavy atom. The molecule has 4 rings (SSSR count). The SMILES string of the molecule is COC(=O)[C@@]1(Cc2ccc3nc([C@@H](N)C4CCC(C)CC4)cn3n2)CC(F)(F)CNC1=O. The molecule has 0 aromatic carbocycles. The molecular formula is C22H29F2N5O3. The molecule has 1 saturated heterocycles. The predicted molar refractivity (Wildman–Crippen MR) is 112 cm³/mol. The van der Waals surface area contributed by atoms with E-state index in [1.807, 2.05) is 0 Å². The van der Waals surface area contributed by atoms with Crippen LogP contribution in [0.4, 0.5) is 8.78 Å². The average Bonchev–Trinajstić information content (AvgIpc) is 3.19. The summed E-state index contributed by atoms with van der Waals surface area (Å²) in [4.78, 5) is 29.6. The Balaban J connectivity index is 1.60. The van der Waals surface area contributed by atoms with Crippen LogP contribution in [-0.4, -0.2) is 46.1 Å². The van der Waals surface area contributed by atoms with Crippen molar-refractivity contribution in [3.8, 4) is 0 Å². The van der Waals surface area contributed by atoms with Gasteiger partial charge in [-0.15, -0.1) is 0 Å². The van der Waals surface area contributed by atoms with E-state index < -0.39 is 36.2 Å². The van der Waals surface area contributed by atoms with Crippen molar-refractivity contribution in [1.29, 1.82) is 0 Å². The summed E-state index contributed by atoms with van der Waals surface area (Å²) in [5.41, 5.74) is 6.04. The zero-order valence-electron chi connectivity index (χ0n) is 18.3. The van der Waals surface area contributed by atoms with Gasteiger partial charge in [0.2, 0.25) is 5.91 Å². The summed E-state index contributed by atoms with van der Waals surface area (Å²) in [5.74, 6) is -3.94. The first-order valence-electron chi connectivity index (χ1n) is 11.0. The van der Waals surface area contributed by atoms with Gasteiger partial charge in [0.05, 0.1) is 37.3 Å². The number of imidazole rings is 1. The Kier molecular flexibility index (Phi) is 5.91. The number of piperidine rings is 1. The summed E-state index contributed by atoms with van der Waals surface area (Å²) in [7, 11) is 1.08. The number of aromatic nitrogens is 3. The number of methoxy groups -OCH3 is 1. The number of carbonyl (C=O) groups is 2. The maximum Gasteiger partial charge on any atom is 0.322 e. The monoisotopic (exact) mass is 449 g/mol. The van der Waals surface area contributed by atoms with Crippen LogP contribution >= 0.6 is 0 Å². The zero-order chi connectivity index (χ0) is 23.1. The first kappa shape index (κ1) is 22.6. The molecule has 0 unspecified atom stereocenters. The van der Waals surface area contributed by atoms with Crippen molar-refractivity contribution in [2.45, 2.75) is 57.4 Å². The Morgan fingerprint density at radius 2 is 2.06 bits per heavy atom. The molecule has 2 atom stereocenters. The van der Waals surface area contributed by atoms with Crippen LogP contribution in [0.1, 0.15) is 56.5 Å². The fourth-order valence-corrected chi connectivity index (χ4v) is 4.93. The van der Waals surface area contributed by atoms with Crippen molar-refractivity contribution >= 4 is 17.5 Å². The van der Waals surface area contributed by atoms with E-state index in [-0.39, 0.29) is 12.5 Å². The summed E-state index contributed by atoms with van der Waals surface area (Å²) in [6.45, 7) is 1.45. The molecule has 3 heterocycles. The van der Waals surface area contributed by atoms with Gasteiger partial charge in [0.25, 0.3) is 5.92 Å². The van der Waals surface area contributed by atoms with Crippen LogP contribution < -0.4 is 11.1 Å². The summed E-state index contributed by atoms with van der Waals surface area (Å²) in [6, 6.07) is 3.06. The van der Waals surface area contributed by atoms with E-state index in [1.165, 1.54) is 4.52 Å². The molecule has 10 heteroatoms. The average molecular weight is 450 g/mol. The number of esters is 1. The van der Waals surface area contributed by atoms with E-state index in [0.717, 1.165) is 44.4 Å². The summed E-state index contributed by atoms with van der Waals surface area (Å²) < 4.78 is 34.6. The number of ether oxygens (including phenoxy) is 1. The molecule has 0 radical (unpaired) electrons. The first-order valence-corrected chi connectivity index (χ1v) is 11.0. The third kappa shape index (κ3) is 4.20. The standard InChI is InChI=1S/C22H29F2N5O3/c1-13-3-5-14(6-4-13)18(25)16-10-29-17(27-16)8-7-15(28-29)9-21(20(31)32-2)11-22(23,24)12-26-19(21)30/h7-8,10,13-14,18H,3-6,9,11-12,25H2,1-2H3,(H,26,30)/t13?,14?,18-,21-/m0/s1. The highest BCUT2D eigenvalue weighted by Gasteiger charge is 2.57. The molecule has 1 saturated carbocycles. The van der Waals surface area contributed by atoms with Crippen LogP contribution in [-0.2, 0) is 20.7 Å². The molecule has 1 aliphatic carbocycles. The van der Waals surface area contributed by atoms with Gasteiger partial charge in [0.1, 0.15) is 0 Å². The molecule has 0 bridgehead atoms. The predicted octanol–water partition coefficient (Wildman–Crippen LogP) is 2.41. The molecule has 2 fully saturated rings. The fraction of sp³-hybridized carbons (Fsp3) is 0.636. The lowest BCUT2D eigenvalue weighted by molar-refractivity contribution is -0.172. The lowest BCUT2D eigenvalue weighted by Gasteiger charge is -2.37. The number of fused-ring (bicyclic) bond motifs is 1. The van der Waals surface area contributed by atoms with Gasteiger partial charge >= 0.3 is 5.97 Å². The largest absolute Gasteiger partial charge is 0.468 e. The van der Waals surface area contributed by atoms with Crippen molar-refractivity contribution in [3.05, 3.63) is 29.7 Å². The van der Waals surface area contributed by atoms with Crippen molar-refractivity contribution in [2.75, 3.05) is 13.7 Å². The molecule has 32 heavy (non-hydrogen) atoms. The van der Waals surface area contributed by atoms with Crippen molar-refractivity contribution < 1.29 is 23.1 Å². The van der Waals surface area contributed by atoms with Crippen molar-refractivity contribution in [1.82, 2.24) is 19.9 Å². The van der Waals surface area contributed by atoms with E-state index in [2.05, 4.69) is 22.3 Å². The number of nitrogens with one attached hydrogen (secondary N) is 1. The lowest BCUT2D eigenvalue weighted by atomic mass is 9.74. The van der Waals surface area contributed by atoms with Crippen molar-refractivity contribution in [3.63, 3.8) is 0 Å². The number of carbonyl (C=O) groups excluding carboxylic acids is 2. The van der Waals surface area contributed by atoms with Gasteiger partial charge in [0, 0.05) is 12.8 Å². The Labute approximate surface area is 184 Å². The van der Waals surface area contributed by atoms with E-state index in [4.69, 9.17) is 10.5 Å². The summed E-state index contributed by atoms with van der Waals surface area (Å²) in [6.07, 6.45) is 4.91. The van der Waals surface area contributed by atoms with Crippen molar-refractivity contribution in [2.24, 2.45) is 23.0 Å². The number of amides is 1. The van der Waals surface area contributed by atoms with E-state index in [0.29, 0.717) is 17.3 Å². The molecule has 2 aliphatic rings. The number of hydrogen-bond acceptors (Lipinski definition) is 6. The van der Waals surface area contributed by atoms with Gasteiger partial charge in [-0.25, -0.2) is 18.3 Å². The van der Waals surface area contributed by atoms with E-state index in [9.17, 15) is 18.4 Å². The van der Waals surface area contributed by atoms with Crippen LogP contribution in [0.15, 0.2) is 18.3 Å². The molecule has 1 amide bonds. The Bertz CT molecular complexity index is 1010. The molecule has 8 nitrogen and oxygen atoms in total. The normalized spacial score (nSPS) is 28.8. The van der Waals surface area contributed by atoms with Gasteiger partial charge in [-0.3, -0.25) is 9.59 Å². The second kappa shape index (κ2) is 8.38. The highest BCUT2D eigenvalue weighted by atomic mass is 19.3. The van der Waals surface area contributed by atoms with Crippen LogP contribution in [0.2, 0.25) is 0 Å². The smallest absolute Gasteiger partial charge is 0.322 e.